The molecular formula is C14H14N2O3S. The molecule has 0 saturated heterocycles. The van der Waals surface area contributed by atoms with E-state index in [2.05, 4.69) is 16.8 Å². The van der Waals surface area contributed by atoms with E-state index in [9.17, 15) is 4.79 Å². The predicted octanol–water partition coefficient (Wildman–Crippen LogP) is 1.01. The third-order valence-corrected chi connectivity index (χ3v) is 3.48. The standard InChI is InChI=1S/C14H14N2O3S/c1-10-6-13(18)16(14(15-10)19-2)8-12-7-11(9-20-12)4-3-5-17/h6-7,9,17H,5,8H2,1-2H3. The normalized spacial score (nSPS) is 9.95. The highest BCUT2D eigenvalue weighted by molar-refractivity contribution is 7.10. The number of hydrogen-bond acceptors (Lipinski definition) is 5. The first-order chi connectivity index (χ1) is 9.63. The highest BCUT2D eigenvalue weighted by atomic mass is 32.1. The van der Waals surface area contributed by atoms with E-state index in [-0.39, 0.29) is 12.2 Å². The summed E-state index contributed by atoms with van der Waals surface area (Å²) in [4.78, 5) is 17.1. The number of aromatic nitrogens is 2. The number of aliphatic hydroxyl groups excluding tert-OH is 1. The van der Waals surface area contributed by atoms with Gasteiger partial charge in [0.25, 0.3) is 11.6 Å². The smallest absolute Gasteiger partial charge is 0.299 e. The Kier molecular flexibility index (Phi) is 4.56. The van der Waals surface area contributed by atoms with Crippen molar-refractivity contribution in [3.05, 3.63) is 44.0 Å². The van der Waals surface area contributed by atoms with Gasteiger partial charge in [-0.15, -0.1) is 11.3 Å². The first kappa shape index (κ1) is 14.3. The molecule has 0 bridgehead atoms. The minimum absolute atomic E-state index is 0.147. The molecule has 0 aromatic carbocycles. The van der Waals surface area contributed by atoms with Crippen LogP contribution >= 0.6 is 11.3 Å². The monoisotopic (exact) mass is 290 g/mol. The van der Waals surface area contributed by atoms with Crippen molar-refractivity contribution in [3.8, 4) is 17.9 Å². The fourth-order valence-corrected chi connectivity index (χ4v) is 2.53. The van der Waals surface area contributed by atoms with E-state index in [1.54, 1.807) is 6.92 Å². The number of aryl methyl sites for hydroxylation is 1. The summed E-state index contributed by atoms with van der Waals surface area (Å²) in [7, 11) is 1.49. The van der Waals surface area contributed by atoms with Crippen LogP contribution in [0.2, 0.25) is 0 Å². The van der Waals surface area contributed by atoms with E-state index in [1.807, 2.05) is 11.4 Å². The molecule has 2 aromatic rings. The number of thiophene rings is 1. The van der Waals surface area contributed by atoms with Crippen LogP contribution in [-0.4, -0.2) is 28.4 Å². The van der Waals surface area contributed by atoms with Gasteiger partial charge in [-0.05, 0) is 13.0 Å². The van der Waals surface area contributed by atoms with Gasteiger partial charge in [-0.1, -0.05) is 11.8 Å². The van der Waals surface area contributed by atoms with Gasteiger partial charge in [-0.2, -0.15) is 0 Å². The van der Waals surface area contributed by atoms with Crippen molar-refractivity contribution in [2.24, 2.45) is 0 Å². The quantitative estimate of drug-likeness (QED) is 0.857. The minimum Gasteiger partial charge on any atom is -0.468 e. The molecule has 0 aliphatic rings. The third kappa shape index (κ3) is 3.26. The fourth-order valence-electron chi connectivity index (χ4n) is 1.72. The lowest BCUT2D eigenvalue weighted by atomic mass is 10.3. The number of rotatable bonds is 3. The maximum absolute atomic E-state index is 12.0. The second kappa shape index (κ2) is 6.37. The van der Waals surface area contributed by atoms with E-state index >= 15 is 0 Å². The average Bonchev–Trinajstić information content (AvgIpc) is 2.86. The van der Waals surface area contributed by atoms with E-state index in [1.165, 1.54) is 29.1 Å². The number of aliphatic hydroxyl groups is 1. The van der Waals surface area contributed by atoms with Crippen molar-refractivity contribution >= 4 is 11.3 Å². The van der Waals surface area contributed by atoms with E-state index in [4.69, 9.17) is 9.84 Å². The summed E-state index contributed by atoms with van der Waals surface area (Å²) in [6, 6.07) is 3.66. The summed E-state index contributed by atoms with van der Waals surface area (Å²) in [5.41, 5.74) is 1.31. The molecule has 0 atom stereocenters. The Bertz CT molecular complexity index is 722. The first-order valence-corrected chi connectivity index (χ1v) is 6.81. The second-order valence-electron chi connectivity index (χ2n) is 4.07. The fraction of sp³-hybridized carbons (Fsp3) is 0.286. The Labute approximate surface area is 120 Å². The Hall–Kier alpha value is -2.10. The van der Waals surface area contributed by atoms with Gasteiger partial charge in [0, 0.05) is 27.6 Å². The lowest BCUT2D eigenvalue weighted by molar-refractivity contribution is 0.350. The zero-order valence-electron chi connectivity index (χ0n) is 11.2. The molecule has 0 amide bonds. The molecule has 2 rings (SSSR count). The summed E-state index contributed by atoms with van der Waals surface area (Å²) in [6.45, 7) is 1.98. The van der Waals surface area contributed by atoms with Gasteiger partial charge in [0.2, 0.25) is 0 Å². The molecule has 0 spiro atoms. The molecule has 1 N–H and O–H groups in total. The highest BCUT2D eigenvalue weighted by Gasteiger charge is 2.09. The van der Waals surface area contributed by atoms with Gasteiger partial charge >= 0.3 is 0 Å². The zero-order valence-corrected chi connectivity index (χ0v) is 12.0. The van der Waals surface area contributed by atoms with E-state index in [0.29, 0.717) is 18.2 Å². The van der Waals surface area contributed by atoms with Crippen molar-refractivity contribution in [1.82, 2.24) is 9.55 Å². The zero-order chi connectivity index (χ0) is 14.5. The van der Waals surface area contributed by atoms with Gasteiger partial charge in [0.15, 0.2) is 0 Å². The van der Waals surface area contributed by atoms with Crippen molar-refractivity contribution in [2.75, 3.05) is 13.7 Å². The van der Waals surface area contributed by atoms with E-state index in [0.717, 1.165) is 10.4 Å². The van der Waals surface area contributed by atoms with Crippen molar-refractivity contribution in [1.29, 1.82) is 0 Å². The van der Waals surface area contributed by atoms with Crippen molar-refractivity contribution in [3.63, 3.8) is 0 Å². The lowest BCUT2D eigenvalue weighted by Gasteiger charge is -2.09. The number of methoxy groups -OCH3 is 1. The predicted molar refractivity (Wildman–Crippen MR) is 77.2 cm³/mol. The van der Waals surface area contributed by atoms with Gasteiger partial charge in [0.1, 0.15) is 6.61 Å². The summed E-state index contributed by atoms with van der Waals surface area (Å²) < 4.78 is 6.62. The topological polar surface area (TPSA) is 64.3 Å². The molecule has 5 nitrogen and oxygen atoms in total. The first-order valence-electron chi connectivity index (χ1n) is 5.93. The molecule has 2 heterocycles. The summed E-state index contributed by atoms with van der Waals surface area (Å²) in [5.74, 6) is 5.42. The maximum atomic E-state index is 12.0. The van der Waals surface area contributed by atoms with Gasteiger partial charge in [0.05, 0.1) is 13.7 Å². The summed E-state index contributed by atoms with van der Waals surface area (Å²) >= 11 is 1.50. The number of ether oxygens (including phenoxy) is 1. The van der Waals surface area contributed by atoms with Crippen LogP contribution in [0.1, 0.15) is 16.1 Å². The Balaban J connectivity index is 2.30. The maximum Gasteiger partial charge on any atom is 0.299 e. The van der Waals surface area contributed by atoms with Gasteiger partial charge < -0.3 is 9.84 Å². The molecule has 20 heavy (non-hydrogen) atoms. The van der Waals surface area contributed by atoms with Crippen LogP contribution in [0.3, 0.4) is 0 Å². The van der Waals surface area contributed by atoms with Crippen molar-refractivity contribution in [2.45, 2.75) is 13.5 Å². The lowest BCUT2D eigenvalue weighted by Crippen LogP contribution is -2.22. The SMILES string of the molecule is COc1nc(C)cc(=O)n1Cc1cc(C#CCO)cs1. The van der Waals surface area contributed by atoms with Crippen LogP contribution < -0.4 is 10.3 Å². The Morgan fingerprint density at radius 2 is 2.30 bits per heavy atom. The van der Waals surface area contributed by atoms with Crippen LogP contribution in [0, 0.1) is 18.8 Å². The van der Waals surface area contributed by atoms with Crippen LogP contribution in [0.5, 0.6) is 6.01 Å². The molecule has 0 fully saturated rings. The molecule has 104 valence electrons. The molecule has 2 aromatic heterocycles. The third-order valence-electron chi connectivity index (χ3n) is 2.56. The molecular weight excluding hydrogens is 276 g/mol. The van der Waals surface area contributed by atoms with Crippen molar-refractivity contribution < 1.29 is 9.84 Å². The molecule has 0 saturated carbocycles. The molecule has 0 radical (unpaired) electrons. The molecule has 6 heteroatoms. The summed E-state index contributed by atoms with van der Waals surface area (Å²) in [6.07, 6.45) is 0. The largest absolute Gasteiger partial charge is 0.468 e. The molecule has 0 unspecified atom stereocenters. The number of nitrogens with zero attached hydrogens (tertiary/aromatic N) is 2. The minimum atomic E-state index is -0.166. The highest BCUT2D eigenvalue weighted by Crippen LogP contribution is 2.16. The molecule has 0 aliphatic heterocycles. The number of hydrogen-bond donors (Lipinski definition) is 1. The second-order valence-corrected chi connectivity index (χ2v) is 5.07. The van der Waals surface area contributed by atoms with Gasteiger partial charge in [-0.25, -0.2) is 4.98 Å². The van der Waals surface area contributed by atoms with Crippen LogP contribution in [-0.2, 0) is 6.54 Å². The van der Waals surface area contributed by atoms with Crippen LogP contribution in [0.15, 0.2) is 22.3 Å². The average molecular weight is 290 g/mol. The van der Waals surface area contributed by atoms with Crippen LogP contribution in [0.25, 0.3) is 0 Å². The van der Waals surface area contributed by atoms with Crippen LogP contribution in [0.4, 0.5) is 0 Å². The Morgan fingerprint density at radius 1 is 1.50 bits per heavy atom. The van der Waals surface area contributed by atoms with E-state index < -0.39 is 0 Å². The molecule has 0 aliphatic carbocycles. The van der Waals surface area contributed by atoms with Gasteiger partial charge in [-0.3, -0.25) is 9.36 Å². The summed E-state index contributed by atoms with van der Waals surface area (Å²) in [5, 5.41) is 10.5. The Morgan fingerprint density at radius 3 is 3.00 bits per heavy atom.